The highest BCUT2D eigenvalue weighted by Gasteiger charge is 2.33. The molecule has 2 aromatic heterocycles. The number of amides is 1. The Hall–Kier alpha value is -2.77. The first kappa shape index (κ1) is 27.4. The molecule has 0 saturated heterocycles. The first-order valence-corrected chi connectivity index (χ1v) is 15.9. The van der Waals surface area contributed by atoms with Gasteiger partial charge in [0.2, 0.25) is 5.91 Å². The third-order valence-corrected chi connectivity index (χ3v) is 10.4. The van der Waals surface area contributed by atoms with E-state index in [0.29, 0.717) is 17.8 Å². The fourth-order valence-corrected chi connectivity index (χ4v) is 7.56. The van der Waals surface area contributed by atoms with Gasteiger partial charge < -0.3 is 14.9 Å². The minimum Gasteiger partial charge on any atom is -0.393 e. The van der Waals surface area contributed by atoms with Gasteiger partial charge in [0.25, 0.3) is 0 Å². The van der Waals surface area contributed by atoms with E-state index in [9.17, 15) is 9.90 Å². The first-order valence-electron chi connectivity index (χ1n) is 15.1. The van der Waals surface area contributed by atoms with Crippen molar-refractivity contribution in [3.63, 3.8) is 0 Å². The number of aliphatic hydroxyl groups is 1. The van der Waals surface area contributed by atoms with Gasteiger partial charge in [0.1, 0.15) is 5.82 Å². The molecule has 0 unspecified atom stereocenters. The van der Waals surface area contributed by atoms with Crippen LogP contribution in [0, 0.1) is 11.8 Å². The van der Waals surface area contributed by atoms with E-state index < -0.39 is 0 Å². The molecule has 1 aromatic carbocycles. The molecule has 1 N–H and O–H groups in total. The molecule has 212 valence electrons. The lowest BCUT2D eigenvalue weighted by atomic mass is 9.78. The van der Waals surface area contributed by atoms with Crippen LogP contribution in [-0.4, -0.2) is 47.7 Å². The van der Waals surface area contributed by atoms with Crippen LogP contribution in [0.3, 0.4) is 0 Å². The fourth-order valence-electron chi connectivity index (χ4n) is 6.47. The third-order valence-electron chi connectivity index (χ3n) is 9.19. The van der Waals surface area contributed by atoms with E-state index in [1.54, 1.807) is 11.3 Å². The van der Waals surface area contributed by atoms with Gasteiger partial charge in [-0.2, -0.15) is 0 Å². The topological polar surface area (TPSA) is 69.6 Å². The van der Waals surface area contributed by atoms with Crippen LogP contribution in [0.4, 0.5) is 11.5 Å². The van der Waals surface area contributed by atoms with Crippen molar-refractivity contribution >= 4 is 28.7 Å². The molecule has 3 fully saturated rings. The summed E-state index contributed by atoms with van der Waals surface area (Å²) in [4.78, 5) is 28.7. The lowest BCUT2D eigenvalue weighted by Gasteiger charge is -2.36. The van der Waals surface area contributed by atoms with Gasteiger partial charge in [0, 0.05) is 50.6 Å². The Morgan fingerprint density at radius 3 is 2.33 bits per heavy atom. The van der Waals surface area contributed by atoms with Gasteiger partial charge in [-0.3, -0.25) is 4.79 Å². The fraction of sp³-hybridized carbons (Fsp3) is 0.545. The molecular weight excluding hydrogens is 516 g/mol. The molecule has 0 radical (unpaired) electrons. The van der Waals surface area contributed by atoms with E-state index >= 15 is 0 Å². The number of carbonyl (C=O) groups excluding carboxylic acids is 1. The van der Waals surface area contributed by atoms with Crippen molar-refractivity contribution in [2.24, 2.45) is 11.8 Å². The first-order chi connectivity index (χ1) is 19.4. The Bertz CT molecular complexity index is 1290. The molecule has 0 spiro atoms. The van der Waals surface area contributed by atoms with Gasteiger partial charge in [-0.1, -0.05) is 18.2 Å². The number of thiazole rings is 1. The highest BCUT2D eigenvalue weighted by atomic mass is 32.1. The Morgan fingerprint density at radius 2 is 1.65 bits per heavy atom. The number of rotatable bonds is 8. The van der Waals surface area contributed by atoms with E-state index in [0.717, 1.165) is 75.0 Å². The summed E-state index contributed by atoms with van der Waals surface area (Å²) >= 11 is 1.80. The lowest BCUT2D eigenvalue weighted by Crippen LogP contribution is -2.41. The summed E-state index contributed by atoms with van der Waals surface area (Å²) in [7, 11) is 4.04. The zero-order valence-electron chi connectivity index (χ0n) is 23.8. The van der Waals surface area contributed by atoms with Crippen LogP contribution in [0.1, 0.15) is 86.6 Å². The van der Waals surface area contributed by atoms with Gasteiger partial charge in [0.05, 0.1) is 16.0 Å². The van der Waals surface area contributed by atoms with Gasteiger partial charge in [-0.05, 0) is 105 Å². The van der Waals surface area contributed by atoms with E-state index in [1.807, 2.05) is 31.4 Å². The predicted octanol–water partition coefficient (Wildman–Crippen LogP) is 7.01. The lowest BCUT2D eigenvalue weighted by molar-refractivity contribution is -0.124. The van der Waals surface area contributed by atoms with Gasteiger partial charge in [0.15, 0.2) is 0 Å². The summed E-state index contributed by atoms with van der Waals surface area (Å²) in [5, 5.41) is 11.3. The van der Waals surface area contributed by atoms with Gasteiger partial charge in [-0.15, -0.1) is 11.3 Å². The molecular formula is C33H42N4O2S. The quantitative estimate of drug-likeness (QED) is 0.322. The normalized spacial score (nSPS) is 25.0. The maximum absolute atomic E-state index is 14.0. The molecule has 3 saturated carbocycles. The molecule has 6 rings (SSSR count). The highest BCUT2D eigenvalue weighted by Crippen LogP contribution is 2.44. The van der Waals surface area contributed by atoms with Gasteiger partial charge in [-0.25, -0.2) is 9.97 Å². The molecule has 3 aromatic rings. The molecule has 7 heteroatoms. The van der Waals surface area contributed by atoms with Crippen LogP contribution in [0.5, 0.6) is 0 Å². The monoisotopic (exact) mass is 558 g/mol. The van der Waals surface area contributed by atoms with Crippen molar-refractivity contribution in [2.75, 3.05) is 30.4 Å². The summed E-state index contributed by atoms with van der Waals surface area (Å²) < 4.78 is 0. The van der Waals surface area contributed by atoms with Crippen LogP contribution in [0.15, 0.2) is 48.8 Å². The van der Waals surface area contributed by atoms with Crippen molar-refractivity contribution in [3.05, 3.63) is 59.4 Å². The largest absolute Gasteiger partial charge is 0.393 e. The van der Waals surface area contributed by atoms with Crippen molar-refractivity contribution in [2.45, 2.75) is 82.1 Å². The minimum atomic E-state index is -0.260. The summed E-state index contributed by atoms with van der Waals surface area (Å²) in [6, 6.07) is 12.9. The average Bonchev–Trinajstić information content (AvgIpc) is 3.72. The molecule has 40 heavy (non-hydrogen) atoms. The Balaban J connectivity index is 1.18. The molecule has 2 heterocycles. The second-order valence-electron chi connectivity index (χ2n) is 12.4. The van der Waals surface area contributed by atoms with Crippen molar-refractivity contribution in [1.29, 1.82) is 0 Å². The van der Waals surface area contributed by atoms with Crippen molar-refractivity contribution in [3.8, 4) is 10.4 Å². The smallest absolute Gasteiger partial charge is 0.230 e. The number of hydrogen-bond acceptors (Lipinski definition) is 6. The number of nitrogens with zero attached hydrogens (tertiary/aromatic N) is 4. The molecule has 6 nitrogen and oxygen atoms in total. The number of aromatic nitrogens is 2. The second-order valence-corrected chi connectivity index (χ2v) is 13.5. The average molecular weight is 559 g/mol. The molecule has 0 aliphatic heterocycles. The van der Waals surface area contributed by atoms with Crippen LogP contribution in [-0.2, 0) is 4.79 Å². The summed E-state index contributed by atoms with van der Waals surface area (Å²) in [5.41, 5.74) is 3.48. The van der Waals surface area contributed by atoms with Crippen LogP contribution >= 0.6 is 11.3 Å². The molecule has 1 amide bonds. The number of anilines is 2. The second kappa shape index (κ2) is 12.0. The predicted molar refractivity (Wildman–Crippen MR) is 163 cm³/mol. The maximum atomic E-state index is 14.0. The van der Waals surface area contributed by atoms with Crippen LogP contribution in [0.25, 0.3) is 10.4 Å². The number of pyridine rings is 1. The van der Waals surface area contributed by atoms with E-state index in [4.69, 9.17) is 4.98 Å². The van der Waals surface area contributed by atoms with E-state index in [1.165, 1.54) is 28.3 Å². The summed E-state index contributed by atoms with van der Waals surface area (Å²) in [6.45, 7) is 0.766. The van der Waals surface area contributed by atoms with Crippen molar-refractivity contribution in [1.82, 2.24) is 9.97 Å². The van der Waals surface area contributed by atoms with E-state index in [-0.39, 0.29) is 17.9 Å². The SMILES string of the molecule is CN(C)c1ccc(C2CCC(CN(C(=O)C3CCC(O)CC3)c3cccc(-c4cnc(C5CC5)s4)c3)CC2)cn1. The maximum Gasteiger partial charge on any atom is 0.230 e. The summed E-state index contributed by atoms with van der Waals surface area (Å²) in [6.07, 6.45) is 13.8. The van der Waals surface area contributed by atoms with Crippen LogP contribution < -0.4 is 9.80 Å². The molecule has 0 atom stereocenters. The number of benzene rings is 1. The van der Waals surface area contributed by atoms with Crippen molar-refractivity contribution < 1.29 is 9.90 Å². The van der Waals surface area contributed by atoms with Gasteiger partial charge >= 0.3 is 0 Å². The van der Waals surface area contributed by atoms with Crippen LogP contribution in [0.2, 0.25) is 0 Å². The molecule has 0 bridgehead atoms. The van der Waals surface area contributed by atoms with E-state index in [2.05, 4.69) is 46.3 Å². The number of carbonyl (C=O) groups is 1. The Kier molecular flexibility index (Phi) is 8.22. The zero-order chi connectivity index (χ0) is 27.6. The third kappa shape index (κ3) is 6.26. The minimum absolute atomic E-state index is 0.00504. The standard InChI is InChI=1S/C33H42N4O2S/c1-36(2)31-17-14-27(19-34-31)23-8-6-22(7-9-23)21-37(33(39)25-12-15-29(38)16-13-25)28-5-3-4-26(18-28)30-20-35-32(40-30)24-10-11-24/h3-5,14,17-20,22-25,29,38H,6-13,15-16,21H2,1-2H3. The Morgan fingerprint density at radius 1 is 0.900 bits per heavy atom. The molecule has 3 aliphatic rings. The Labute approximate surface area is 242 Å². The summed E-state index contributed by atoms with van der Waals surface area (Å²) in [5.74, 6) is 2.90. The zero-order valence-corrected chi connectivity index (χ0v) is 24.7. The number of hydrogen-bond donors (Lipinski definition) is 1. The highest BCUT2D eigenvalue weighted by molar-refractivity contribution is 7.15. The molecule has 3 aliphatic carbocycles. The number of aliphatic hydroxyl groups excluding tert-OH is 1.